The van der Waals surface area contributed by atoms with Crippen LogP contribution in [0.3, 0.4) is 0 Å². The molecule has 3 aromatic rings. The van der Waals surface area contributed by atoms with Gasteiger partial charge in [-0.15, -0.1) is 0 Å². The van der Waals surface area contributed by atoms with Crippen LogP contribution in [0.5, 0.6) is 5.75 Å². The number of hydrogen-bond acceptors (Lipinski definition) is 6. The smallest absolute Gasteiger partial charge is 0.243 e. The van der Waals surface area contributed by atoms with E-state index in [-0.39, 0.29) is 4.90 Å². The summed E-state index contributed by atoms with van der Waals surface area (Å²) in [6.07, 6.45) is 0. The van der Waals surface area contributed by atoms with E-state index in [0.29, 0.717) is 51.7 Å². The molecule has 31 heavy (non-hydrogen) atoms. The first-order valence-electron chi connectivity index (χ1n) is 10.5. The largest absolute Gasteiger partial charge is 0.491 e. The number of pyridine rings is 1. The Morgan fingerprint density at radius 2 is 1.65 bits per heavy atom. The minimum absolute atomic E-state index is 0.280. The Bertz CT molecular complexity index is 1110. The summed E-state index contributed by atoms with van der Waals surface area (Å²) >= 11 is 0. The normalized spacial score (nSPS) is 15.3. The zero-order chi connectivity index (χ0) is 21.7. The van der Waals surface area contributed by atoms with Crippen LogP contribution in [0.2, 0.25) is 0 Å². The van der Waals surface area contributed by atoms with Crippen LogP contribution in [-0.2, 0) is 14.8 Å². The van der Waals surface area contributed by atoms with Gasteiger partial charge in [-0.25, -0.2) is 13.4 Å². The number of ether oxygens (including phenoxy) is 2. The molecule has 0 radical (unpaired) electrons. The van der Waals surface area contributed by atoms with Gasteiger partial charge in [0, 0.05) is 38.2 Å². The molecule has 0 bridgehead atoms. The highest BCUT2D eigenvalue weighted by atomic mass is 32.2. The molecule has 0 aliphatic carbocycles. The van der Waals surface area contributed by atoms with Gasteiger partial charge in [-0.3, -0.25) is 0 Å². The van der Waals surface area contributed by atoms with Gasteiger partial charge in [-0.1, -0.05) is 18.2 Å². The van der Waals surface area contributed by atoms with Crippen molar-refractivity contribution in [1.82, 2.24) is 9.29 Å². The number of piperazine rings is 1. The van der Waals surface area contributed by atoms with Crippen LogP contribution in [0.1, 0.15) is 6.92 Å². The molecule has 0 spiro atoms. The van der Waals surface area contributed by atoms with Crippen LogP contribution < -0.4 is 9.64 Å². The van der Waals surface area contributed by atoms with E-state index < -0.39 is 10.0 Å². The number of sulfonamides is 1. The molecule has 0 saturated carbocycles. The molecule has 4 rings (SSSR count). The van der Waals surface area contributed by atoms with Crippen LogP contribution in [0.15, 0.2) is 65.6 Å². The first-order valence-corrected chi connectivity index (χ1v) is 11.9. The van der Waals surface area contributed by atoms with E-state index in [2.05, 4.69) is 11.0 Å². The summed E-state index contributed by atoms with van der Waals surface area (Å²) in [7, 11) is -3.54. The number of aromatic nitrogens is 1. The molecule has 0 amide bonds. The quantitative estimate of drug-likeness (QED) is 0.500. The SMILES string of the molecule is CCOCCOc1ccc(S(=O)(=O)N2CCN(c3ccc4ccccc4n3)CC2)cc1. The summed E-state index contributed by atoms with van der Waals surface area (Å²) in [6, 6.07) is 18.6. The number of nitrogens with zero attached hydrogens (tertiary/aromatic N) is 3. The summed E-state index contributed by atoms with van der Waals surface area (Å²) < 4.78 is 38.4. The maximum absolute atomic E-state index is 13.0. The molecule has 1 aliphatic rings. The van der Waals surface area contributed by atoms with Crippen LogP contribution in [-0.4, -0.2) is 63.7 Å². The van der Waals surface area contributed by atoms with E-state index in [1.165, 1.54) is 4.31 Å². The van der Waals surface area contributed by atoms with Crippen molar-refractivity contribution >= 4 is 26.7 Å². The van der Waals surface area contributed by atoms with Gasteiger partial charge < -0.3 is 14.4 Å². The highest BCUT2D eigenvalue weighted by Crippen LogP contribution is 2.23. The maximum Gasteiger partial charge on any atom is 0.243 e. The molecule has 1 aromatic heterocycles. The third-order valence-corrected chi connectivity index (χ3v) is 7.22. The standard InChI is InChI=1S/C23H27N3O4S/c1-2-29-17-18-30-20-8-10-21(11-9-20)31(27,28)26-15-13-25(14-16-26)23-12-7-19-5-3-4-6-22(19)24-23/h3-12H,2,13-18H2,1H3. The van der Waals surface area contributed by atoms with Gasteiger partial charge in [0.25, 0.3) is 0 Å². The fraction of sp³-hybridized carbons (Fsp3) is 0.348. The number of anilines is 1. The minimum atomic E-state index is -3.54. The molecule has 1 fully saturated rings. The number of fused-ring (bicyclic) bond motifs is 1. The summed E-state index contributed by atoms with van der Waals surface area (Å²) in [4.78, 5) is 7.14. The van der Waals surface area contributed by atoms with Crippen molar-refractivity contribution in [3.05, 3.63) is 60.7 Å². The number of benzene rings is 2. The summed E-state index contributed by atoms with van der Waals surface area (Å²) in [5.74, 6) is 1.51. The Balaban J connectivity index is 1.38. The molecule has 1 saturated heterocycles. The van der Waals surface area contributed by atoms with E-state index in [0.717, 1.165) is 16.7 Å². The molecular weight excluding hydrogens is 414 g/mol. The Kier molecular flexibility index (Phi) is 6.70. The first kappa shape index (κ1) is 21.5. The van der Waals surface area contributed by atoms with Crippen LogP contribution in [0.25, 0.3) is 10.9 Å². The zero-order valence-electron chi connectivity index (χ0n) is 17.6. The van der Waals surface area contributed by atoms with Crippen molar-refractivity contribution in [2.75, 3.05) is 50.9 Å². The van der Waals surface area contributed by atoms with Crippen molar-refractivity contribution in [2.24, 2.45) is 0 Å². The summed E-state index contributed by atoms with van der Waals surface area (Å²) in [5.41, 5.74) is 0.943. The molecular formula is C23H27N3O4S. The van der Waals surface area contributed by atoms with Crippen LogP contribution in [0.4, 0.5) is 5.82 Å². The second-order valence-corrected chi connectivity index (χ2v) is 9.21. The summed E-state index contributed by atoms with van der Waals surface area (Å²) in [5, 5.41) is 1.10. The molecule has 0 N–H and O–H groups in total. The van der Waals surface area contributed by atoms with Gasteiger partial charge in [0.05, 0.1) is 17.0 Å². The maximum atomic E-state index is 13.0. The van der Waals surface area contributed by atoms with Gasteiger partial charge in [0.15, 0.2) is 0 Å². The lowest BCUT2D eigenvalue weighted by atomic mass is 10.2. The van der Waals surface area contributed by atoms with Gasteiger partial charge in [0.1, 0.15) is 18.2 Å². The molecule has 2 heterocycles. The number of rotatable bonds is 8. The predicted molar refractivity (Wildman–Crippen MR) is 121 cm³/mol. The van der Waals surface area contributed by atoms with Crippen molar-refractivity contribution in [1.29, 1.82) is 0 Å². The van der Waals surface area contributed by atoms with Crippen molar-refractivity contribution in [2.45, 2.75) is 11.8 Å². The molecule has 1 aliphatic heterocycles. The average Bonchev–Trinajstić information content (AvgIpc) is 2.82. The summed E-state index contributed by atoms with van der Waals surface area (Å²) in [6.45, 7) is 5.55. The number of hydrogen-bond donors (Lipinski definition) is 0. The Morgan fingerprint density at radius 3 is 2.39 bits per heavy atom. The molecule has 0 atom stereocenters. The Labute approximate surface area is 183 Å². The van der Waals surface area contributed by atoms with Gasteiger partial charge in [-0.2, -0.15) is 4.31 Å². The number of para-hydroxylation sites is 1. The third kappa shape index (κ3) is 4.98. The van der Waals surface area contributed by atoms with Gasteiger partial charge >= 0.3 is 0 Å². The zero-order valence-corrected chi connectivity index (χ0v) is 18.4. The van der Waals surface area contributed by atoms with Crippen LogP contribution >= 0.6 is 0 Å². The third-order valence-electron chi connectivity index (χ3n) is 5.31. The molecule has 8 heteroatoms. The lowest BCUT2D eigenvalue weighted by Gasteiger charge is -2.34. The molecule has 164 valence electrons. The van der Waals surface area contributed by atoms with Gasteiger partial charge in [-0.05, 0) is 49.4 Å². The van der Waals surface area contributed by atoms with E-state index >= 15 is 0 Å². The van der Waals surface area contributed by atoms with E-state index in [1.54, 1.807) is 24.3 Å². The Hall–Kier alpha value is -2.68. The molecule has 7 nitrogen and oxygen atoms in total. The van der Waals surface area contributed by atoms with Crippen molar-refractivity contribution in [3.8, 4) is 5.75 Å². The monoisotopic (exact) mass is 441 g/mol. The molecule has 0 unspecified atom stereocenters. The van der Waals surface area contributed by atoms with E-state index in [4.69, 9.17) is 14.5 Å². The van der Waals surface area contributed by atoms with Crippen molar-refractivity contribution in [3.63, 3.8) is 0 Å². The van der Waals surface area contributed by atoms with E-state index in [9.17, 15) is 8.42 Å². The first-order chi connectivity index (χ1) is 15.1. The lowest BCUT2D eigenvalue weighted by Crippen LogP contribution is -2.48. The fourth-order valence-electron chi connectivity index (χ4n) is 3.61. The second-order valence-electron chi connectivity index (χ2n) is 7.27. The fourth-order valence-corrected chi connectivity index (χ4v) is 5.03. The van der Waals surface area contributed by atoms with Crippen LogP contribution in [0, 0.1) is 0 Å². The topological polar surface area (TPSA) is 72.0 Å². The van der Waals surface area contributed by atoms with E-state index in [1.807, 2.05) is 37.3 Å². The minimum Gasteiger partial charge on any atom is -0.491 e. The highest BCUT2D eigenvalue weighted by molar-refractivity contribution is 7.89. The predicted octanol–water partition coefficient (Wildman–Crippen LogP) is 3.16. The lowest BCUT2D eigenvalue weighted by molar-refractivity contribution is 0.110. The van der Waals surface area contributed by atoms with Crippen molar-refractivity contribution < 1.29 is 17.9 Å². The highest BCUT2D eigenvalue weighted by Gasteiger charge is 2.29. The second kappa shape index (κ2) is 9.64. The average molecular weight is 442 g/mol. The van der Waals surface area contributed by atoms with Gasteiger partial charge in [0.2, 0.25) is 10.0 Å². The Morgan fingerprint density at radius 1 is 0.903 bits per heavy atom. The molecule has 2 aromatic carbocycles.